The molecular weight excluding hydrogens is 262 g/mol. The van der Waals surface area contributed by atoms with E-state index in [-0.39, 0.29) is 18.3 Å². The van der Waals surface area contributed by atoms with E-state index >= 15 is 0 Å². The molecule has 2 aliphatic rings. The average molecular weight is 290 g/mol. The van der Waals surface area contributed by atoms with Crippen molar-refractivity contribution in [2.45, 2.75) is 33.1 Å². The zero-order chi connectivity index (χ0) is 13.0. The number of hydrogen-bond donors (Lipinski definition) is 2. The molecule has 0 aliphatic carbocycles. The Labute approximate surface area is 123 Å². The first-order valence-electron chi connectivity index (χ1n) is 7.25. The average Bonchev–Trinajstić information content (AvgIpc) is 2.75. The van der Waals surface area contributed by atoms with Gasteiger partial charge in [-0.3, -0.25) is 4.79 Å². The highest BCUT2D eigenvalue weighted by Crippen LogP contribution is 2.27. The van der Waals surface area contributed by atoms with Gasteiger partial charge in [0.15, 0.2) is 0 Å². The molecule has 0 aromatic rings. The molecule has 112 valence electrons. The molecule has 2 aliphatic heterocycles. The number of rotatable bonds is 4. The summed E-state index contributed by atoms with van der Waals surface area (Å²) in [4.78, 5) is 13.5. The summed E-state index contributed by atoms with van der Waals surface area (Å²) < 4.78 is 0. The van der Waals surface area contributed by atoms with Gasteiger partial charge in [0.2, 0.25) is 5.91 Å². The first-order valence-corrected chi connectivity index (χ1v) is 7.25. The van der Waals surface area contributed by atoms with Crippen molar-refractivity contribution in [3.05, 3.63) is 0 Å². The third-order valence-electron chi connectivity index (χ3n) is 4.41. The van der Waals surface area contributed by atoms with Crippen molar-refractivity contribution in [2.24, 2.45) is 11.3 Å². The van der Waals surface area contributed by atoms with E-state index in [4.69, 9.17) is 0 Å². The molecule has 1 amide bonds. The zero-order valence-electron chi connectivity index (χ0n) is 12.2. The first kappa shape index (κ1) is 16.7. The highest BCUT2D eigenvalue weighted by atomic mass is 35.5. The Morgan fingerprint density at radius 3 is 2.63 bits per heavy atom. The summed E-state index contributed by atoms with van der Waals surface area (Å²) in [5.41, 5.74) is 0.477. The van der Waals surface area contributed by atoms with Crippen molar-refractivity contribution in [3.63, 3.8) is 0 Å². The van der Waals surface area contributed by atoms with Crippen molar-refractivity contribution in [3.8, 4) is 0 Å². The molecule has 0 radical (unpaired) electrons. The summed E-state index contributed by atoms with van der Waals surface area (Å²) >= 11 is 0. The SMILES string of the molecule is CC(=O)NCC1CCN(CC2(C)CCNC2)CC1.Cl. The molecule has 0 aromatic carbocycles. The molecule has 1 unspecified atom stereocenters. The molecule has 4 nitrogen and oxygen atoms in total. The van der Waals surface area contributed by atoms with E-state index in [1.54, 1.807) is 6.92 Å². The maximum Gasteiger partial charge on any atom is 0.216 e. The number of hydrogen-bond acceptors (Lipinski definition) is 3. The summed E-state index contributed by atoms with van der Waals surface area (Å²) in [5.74, 6) is 0.779. The molecule has 0 bridgehead atoms. The van der Waals surface area contributed by atoms with Gasteiger partial charge in [-0.2, -0.15) is 0 Å². The van der Waals surface area contributed by atoms with E-state index in [1.165, 1.54) is 52.0 Å². The molecule has 2 fully saturated rings. The molecule has 0 spiro atoms. The lowest BCUT2D eigenvalue weighted by atomic mass is 9.87. The van der Waals surface area contributed by atoms with Gasteiger partial charge in [0.1, 0.15) is 0 Å². The second kappa shape index (κ2) is 7.46. The Bertz CT molecular complexity index is 284. The van der Waals surface area contributed by atoms with Gasteiger partial charge in [0, 0.05) is 26.6 Å². The minimum atomic E-state index is 0. The highest BCUT2D eigenvalue weighted by molar-refractivity contribution is 5.85. The standard InChI is InChI=1S/C14H27N3O.ClH/c1-12(18)16-9-13-3-7-17(8-4-13)11-14(2)5-6-15-10-14;/h13,15H,3-11H2,1-2H3,(H,16,18);1H. The third kappa shape index (κ3) is 5.28. The van der Waals surface area contributed by atoms with Crippen LogP contribution in [-0.2, 0) is 4.79 Å². The molecule has 0 saturated carbocycles. The number of halogens is 1. The number of nitrogens with one attached hydrogen (secondary N) is 2. The van der Waals surface area contributed by atoms with Crippen LogP contribution in [0.25, 0.3) is 0 Å². The van der Waals surface area contributed by atoms with Gasteiger partial charge in [0.05, 0.1) is 0 Å². The summed E-state index contributed by atoms with van der Waals surface area (Å²) in [6, 6.07) is 0. The molecular formula is C14H28ClN3O. The van der Waals surface area contributed by atoms with Gasteiger partial charge in [-0.1, -0.05) is 6.92 Å². The highest BCUT2D eigenvalue weighted by Gasteiger charge is 2.31. The summed E-state index contributed by atoms with van der Waals surface area (Å²) in [7, 11) is 0. The van der Waals surface area contributed by atoms with E-state index in [9.17, 15) is 4.79 Å². The third-order valence-corrected chi connectivity index (χ3v) is 4.41. The monoisotopic (exact) mass is 289 g/mol. The normalized spacial score (nSPS) is 28.9. The minimum absolute atomic E-state index is 0. The van der Waals surface area contributed by atoms with Crippen molar-refractivity contribution in [1.82, 2.24) is 15.5 Å². The number of likely N-dealkylation sites (tertiary alicyclic amines) is 1. The molecule has 2 N–H and O–H groups in total. The quantitative estimate of drug-likeness (QED) is 0.819. The molecule has 2 saturated heterocycles. The van der Waals surface area contributed by atoms with Gasteiger partial charge in [-0.05, 0) is 50.2 Å². The van der Waals surface area contributed by atoms with Gasteiger partial charge < -0.3 is 15.5 Å². The molecule has 2 rings (SSSR count). The number of carbonyl (C=O) groups is 1. The Balaban J connectivity index is 0.00000180. The molecule has 19 heavy (non-hydrogen) atoms. The molecule has 5 heteroatoms. The van der Waals surface area contributed by atoms with E-state index < -0.39 is 0 Å². The van der Waals surface area contributed by atoms with Crippen molar-refractivity contribution in [1.29, 1.82) is 0 Å². The fraction of sp³-hybridized carbons (Fsp3) is 0.929. The lowest BCUT2D eigenvalue weighted by molar-refractivity contribution is -0.119. The summed E-state index contributed by atoms with van der Waals surface area (Å²) in [5, 5.41) is 6.41. The van der Waals surface area contributed by atoms with Crippen LogP contribution in [0.3, 0.4) is 0 Å². The second-order valence-corrected chi connectivity index (χ2v) is 6.39. The first-order chi connectivity index (χ1) is 8.57. The number of carbonyl (C=O) groups excluding carboxylic acids is 1. The van der Waals surface area contributed by atoms with Crippen LogP contribution >= 0.6 is 12.4 Å². The van der Waals surface area contributed by atoms with E-state index in [0.29, 0.717) is 11.3 Å². The van der Waals surface area contributed by atoms with Crippen LogP contribution in [-0.4, -0.2) is 50.1 Å². The van der Waals surface area contributed by atoms with Crippen LogP contribution in [0.2, 0.25) is 0 Å². The molecule has 1 atom stereocenters. The van der Waals surface area contributed by atoms with E-state index in [2.05, 4.69) is 22.5 Å². The maximum absolute atomic E-state index is 10.9. The van der Waals surface area contributed by atoms with Crippen LogP contribution in [0, 0.1) is 11.3 Å². The molecule has 2 heterocycles. The summed E-state index contributed by atoms with van der Waals surface area (Å²) in [6.45, 7) is 10.8. The summed E-state index contributed by atoms with van der Waals surface area (Å²) in [6.07, 6.45) is 3.76. The predicted octanol–water partition coefficient (Wildman–Crippen LogP) is 1.26. The largest absolute Gasteiger partial charge is 0.356 e. The lowest BCUT2D eigenvalue weighted by Crippen LogP contribution is -2.43. The molecule has 0 aromatic heterocycles. The number of nitrogens with zero attached hydrogens (tertiary/aromatic N) is 1. The van der Waals surface area contributed by atoms with Gasteiger partial charge >= 0.3 is 0 Å². The second-order valence-electron chi connectivity index (χ2n) is 6.39. The number of piperidine rings is 1. The lowest BCUT2D eigenvalue weighted by Gasteiger charge is -2.37. The van der Waals surface area contributed by atoms with E-state index in [1.807, 2.05) is 0 Å². The van der Waals surface area contributed by atoms with Crippen molar-refractivity contribution in [2.75, 3.05) is 39.3 Å². The Hall–Kier alpha value is -0.320. The van der Waals surface area contributed by atoms with Crippen LogP contribution in [0.15, 0.2) is 0 Å². The van der Waals surface area contributed by atoms with Crippen LogP contribution < -0.4 is 10.6 Å². The van der Waals surface area contributed by atoms with Gasteiger partial charge in [0.25, 0.3) is 0 Å². The topological polar surface area (TPSA) is 44.4 Å². The van der Waals surface area contributed by atoms with Gasteiger partial charge in [-0.15, -0.1) is 12.4 Å². The Kier molecular flexibility index (Phi) is 6.57. The maximum atomic E-state index is 10.9. The van der Waals surface area contributed by atoms with Crippen LogP contribution in [0.1, 0.15) is 33.1 Å². The van der Waals surface area contributed by atoms with Gasteiger partial charge in [-0.25, -0.2) is 0 Å². The van der Waals surface area contributed by atoms with Crippen LogP contribution in [0.5, 0.6) is 0 Å². The Morgan fingerprint density at radius 2 is 2.11 bits per heavy atom. The van der Waals surface area contributed by atoms with Crippen molar-refractivity contribution < 1.29 is 4.79 Å². The fourth-order valence-corrected chi connectivity index (χ4v) is 3.18. The fourth-order valence-electron chi connectivity index (χ4n) is 3.18. The predicted molar refractivity (Wildman–Crippen MR) is 80.7 cm³/mol. The zero-order valence-corrected chi connectivity index (χ0v) is 13.0. The smallest absolute Gasteiger partial charge is 0.216 e. The van der Waals surface area contributed by atoms with Crippen molar-refractivity contribution >= 4 is 18.3 Å². The Morgan fingerprint density at radius 1 is 1.42 bits per heavy atom. The minimum Gasteiger partial charge on any atom is -0.356 e. The number of amides is 1. The van der Waals surface area contributed by atoms with E-state index in [0.717, 1.165) is 6.54 Å². The van der Waals surface area contributed by atoms with Crippen LogP contribution in [0.4, 0.5) is 0 Å².